The van der Waals surface area contributed by atoms with E-state index >= 15 is 0 Å². The molecule has 0 aliphatic carbocycles. The third-order valence-corrected chi connectivity index (χ3v) is 25.0. The minimum atomic E-state index is 0.929. The molecule has 8 heteroatoms. The lowest BCUT2D eigenvalue weighted by atomic mass is 9.82. The number of aromatic nitrogens is 6. The van der Waals surface area contributed by atoms with Crippen LogP contribution in [-0.2, 0) is 0 Å². The summed E-state index contributed by atoms with van der Waals surface area (Å²) in [7, 11) is 0. The van der Waals surface area contributed by atoms with Gasteiger partial charge in [0.25, 0.3) is 0 Å². The number of rotatable bonds is 16. The molecule has 0 saturated carbocycles. The third-order valence-electron chi connectivity index (χ3n) is 25.0. The Labute approximate surface area is 741 Å². The van der Waals surface area contributed by atoms with Gasteiger partial charge in [0, 0.05) is 119 Å². The number of fused-ring (bicyclic) bond motifs is 10. The fourth-order valence-electron chi connectivity index (χ4n) is 19.6. The van der Waals surface area contributed by atoms with E-state index in [2.05, 4.69) is 456 Å². The smallest absolute Gasteiger partial charge is 0.0708 e. The number of para-hydroxylation sites is 6. The summed E-state index contributed by atoms with van der Waals surface area (Å²) in [6.45, 7) is 0. The summed E-state index contributed by atoms with van der Waals surface area (Å²) < 4.78 is 4.75. The Morgan fingerprint density at radius 1 is 0.164 bits per heavy atom. The minimum absolute atomic E-state index is 0.929. The van der Waals surface area contributed by atoms with Gasteiger partial charge in [0.2, 0.25) is 0 Å². The largest absolute Gasteiger partial charge is 0.310 e. The first-order chi connectivity index (χ1) is 63.6. The Balaban J connectivity index is 0.000000146. The quantitative estimate of drug-likeness (QED) is 0.0898. The van der Waals surface area contributed by atoms with Gasteiger partial charge < -0.3 is 18.9 Å². The van der Waals surface area contributed by atoms with Crippen molar-refractivity contribution < 1.29 is 0 Å². The van der Waals surface area contributed by atoms with E-state index in [1.54, 1.807) is 0 Å². The lowest BCUT2D eigenvalue weighted by molar-refractivity contribution is 1.17. The Morgan fingerprint density at radius 2 is 0.430 bits per heavy atom. The van der Waals surface area contributed by atoms with Gasteiger partial charge in [0.15, 0.2) is 0 Å². The van der Waals surface area contributed by atoms with Crippen LogP contribution in [0.15, 0.2) is 486 Å². The van der Waals surface area contributed by atoms with Crippen molar-refractivity contribution in [1.82, 2.24) is 29.1 Å². The van der Waals surface area contributed by atoms with Gasteiger partial charge in [0.1, 0.15) is 0 Å². The zero-order valence-corrected chi connectivity index (χ0v) is 69.8. The molecule has 0 aliphatic heterocycles. The molecule has 24 aromatic rings. The summed E-state index contributed by atoms with van der Waals surface area (Å²) in [5.41, 5.74) is 30.6. The van der Waals surface area contributed by atoms with E-state index < -0.39 is 0 Å². The molecule has 0 bridgehead atoms. The summed E-state index contributed by atoms with van der Waals surface area (Å²) in [4.78, 5) is 24.3. The molecule has 6 heterocycles. The van der Waals surface area contributed by atoms with Gasteiger partial charge in [-0.05, 0) is 240 Å². The SMILES string of the molecule is c1ccc(N(c2ccc(-n3c4ccccc4c4ccccc43)cc2)c2ccc3c(-c4ccccc4-c4ccccn4)c4ccccc4c(-c4ccccc4-c4ccccn4)c3c2)cc1.c1ccc(N(c2ccc(-n3c4ccccc4c4ccccc43)cc2)c2cccc3c(-c4ccccc4-c4ccccn4)c4ccccc4c(-c4ccccc4-c4ccccn4)c23)cc1. The second-order valence-electron chi connectivity index (χ2n) is 32.2. The van der Waals surface area contributed by atoms with Crippen molar-refractivity contribution in [3.05, 3.63) is 486 Å². The maximum atomic E-state index is 4.91. The predicted octanol–water partition coefficient (Wildman–Crippen LogP) is 32.0. The minimum Gasteiger partial charge on any atom is -0.310 e. The number of nitrogens with zero attached hydrogens (tertiary/aromatic N) is 8. The normalized spacial score (nSPS) is 11.4. The fourth-order valence-corrected chi connectivity index (χ4v) is 19.6. The van der Waals surface area contributed by atoms with Crippen LogP contribution in [0.3, 0.4) is 0 Å². The van der Waals surface area contributed by atoms with Crippen LogP contribution in [0.5, 0.6) is 0 Å². The van der Waals surface area contributed by atoms with Crippen molar-refractivity contribution in [3.8, 4) is 101 Å². The molecule has 0 aliphatic rings. The zero-order chi connectivity index (χ0) is 84.8. The van der Waals surface area contributed by atoms with E-state index in [9.17, 15) is 0 Å². The highest BCUT2D eigenvalue weighted by Crippen LogP contribution is 2.55. The van der Waals surface area contributed by atoms with Crippen LogP contribution in [-0.4, -0.2) is 29.1 Å². The highest BCUT2D eigenvalue weighted by atomic mass is 15.2. The molecule has 0 unspecified atom stereocenters. The molecule has 0 amide bonds. The molecule has 0 saturated heterocycles. The van der Waals surface area contributed by atoms with Crippen LogP contribution < -0.4 is 9.80 Å². The molecule has 8 nitrogen and oxygen atoms in total. The van der Waals surface area contributed by atoms with E-state index in [1.165, 1.54) is 76.5 Å². The van der Waals surface area contributed by atoms with Crippen LogP contribution in [0, 0.1) is 0 Å². The van der Waals surface area contributed by atoms with Crippen LogP contribution in [0.2, 0.25) is 0 Å². The highest BCUT2D eigenvalue weighted by Gasteiger charge is 2.29. The van der Waals surface area contributed by atoms with E-state index in [-0.39, 0.29) is 0 Å². The summed E-state index contributed by atoms with van der Waals surface area (Å²) in [5, 5.41) is 14.3. The Kier molecular flexibility index (Phi) is 19.5. The molecular weight excluding hydrogens is 1550 g/mol. The Bertz CT molecular complexity index is 8080. The van der Waals surface area contributed by atoms with Crippen LogP contribution in [0.25, 0.3) is 188 Å². The molecule has 24 rings (SSSR count). The molecular formula is C120H80N8. The van der Waals surface area contributed by atoms with Crippen LogP contribution in [0.4, 0.5) is 34.1 Å². The van der Waals surface area contributed by atoms with Gasteiger partial charge in [-0.2, -0.15) is 0 Å². The molecule has 18 aromatic carbocycles. The number of pyridine rings is 4. The maximum absolute atomic E-state index is 4.91. The Morgan fingerprint density at radius 3 is 0.805 bits per heavy atom. The van der Waals surface area contributed by atoms with Gasteiger partial charge in [-0.1, -0.05) is 297 Å². The summed E-state index contributed by atoms with van der Waals surface area (Å²) in [6.07, 6.45) is 7.51. The zero-order valence-electron chi connectivity index (χ0n) is 69.8. The predicted molar refractivity (Wildman–Crippen MR) is 536 cm³/mol. The van der Waals surface area contributed by atoms with Crippen molar-refractivity contribution >= 4 is 121 Å². The first kappa shape index (κ1) is 75.7. The molecule has 0 N–H and O–H groups in total. The number of hydrogen-bond donors (Lipinski definition) is 0. The topological polar surface area (TPSA) is 67.9 Å². The van der Waals surface area contributed by atoms with E-state index in [0.29, 0.717) is 0 Å². The number of anilines is 6. The van der Waals surface area contributed by atoms with Crippen molar-refractivity contribution in [2.24, 2.45) is 0 Å². The molecule has 0 spiro atoms. The standard InChI is InChI=1S/2C60H40N4/c1-2-19-41(20-3-1)63(42-35-37-43(38-36-42)64-55-32-12-10-23-46(55)47-24-11-13-33-56(47)64)57-34-18-29-52-58(48-25-6-4-21-44(48)53-30-14-16-39-61-53)50-27-8-9-28-51(50)59(60(52)57)49-26-7-5-22-45(49)54-31-15-17-40-62-54;1-2-18-41(19-3-1)63(42-32-34-43(35-33-42)64-57-30-12-10-22-47(57)48-23-11-13-31-58(48)64)44-36-37-53-54(40-44)60(50-25-7-5-21-46(50)56-29-15-17-39-62-56)52-27-9-8-26-51(52)59(53)49-24-6-4-20-45(49)55-28-14-16-38-61-55/h2*1-40H. The monoisotopic (exact) mass is 1630 g/mol. The lowest BCUT2D eigenvalue weighted by Crippen LogP contribution is -2.11. The lowest BCUT2D eigenvalue weighted by Gasteiger charge is -2.30. The fraction of sp³-hybridized carbons (Fsp3) is 0. The van der Waals surface area contributed by atoms with Crippen molar-refractivity contribution in [1.29, 1.82) is 0 Å². The second kappa shape index (κ2) is 32.9. The molecule has 0 fully saturated rings. The van der Waals surface area contributed by atoms with Crippen molar-refractivity contribution in [3.63, 3.8) is 0 Å². The summed E-state index contributed by atoms with van der Waals surface area (Å²) in [6, 6.07) is 165. The van der Waals surface area contributed by atoms with Gasteiger partial charge >= 0.3 is 0 Å². The molecule has 600 valence electrons. The van der Waals surface area contributed by atoms with Crippen molar-refractivity contribution in [2.75, 3.05) is 9.80 Å². The van der Waals surface area contributed by atoms with E-state index in [1.807, 2.05) is 49.1 Å². The first-order valence-electron chi connectivity index (χ1n) is 43.5. The molecule has 128 heavy (non-hydrogen) atoms. The first-order valence-corrected chi connectivity index (χ1v) is 43.5. The third kappa shape index (κ3) is 13.3. The second-order valence-corrected chi connectivity index (χ2v) is 32.2. The van der Waals surface area contributed by atoms with Crippen molar-refractivity contribution in [2.45, 2.75) is 0 Å². The molecule has 0 radical (unpaired) electrons. The van der Waals surface area contributed by atoms with Gasteiger partial charge in [-0.3, -0.25) is 19.9 Å². The maximum Gasteiger partial charge on any atom is 0.0708 e. The Hall–Kier alpha value is -17.2. The average Bonchev–Trinajstić information content (AvgIpc) is 1.01. The molecule has 6 aromatic heterocycles. The van der Waals surface area contributed by atoms with E-state index in [4.69, 9.17) is 19.9 Å². The van der Waals surface area contributed by atoms with Gasteiger partial charge in [0.05, 0.1) is 50.5 Å². The number of benzene rings is 18. The van der Waals surface area contributed by atoms with Gasteiger partial charge in [-0.25, -0.2) is 0 Å². The van der Waals surface area contributed by atoms with Gasteiger partial charge in [-0.15, -0.1) is 0 Å². The number of hydrogen-bond acceptors (Lipinski definition) is 6. The average molecular weight is 1630 g/mol. The van der Waals surface area contributed by atoms with E-state index in [0.717, 1.165) is 145 Å². The molecule has 0 atom stereocenters. The van der Waals surface area contributed by atoms with Crippen LogP contribution in [0.1, 0.15) is 0 Å². The highest BCUT2D eigenvalue weighted by molar-refractivity contribution is 6.28. The summed E-state index contributed by atoms with van der Waals surface area (Å²) in [5.74, 6) is 0. The summed E-state index contributed by atoms with van der Waals surface area (Å²) >= 11 is 0. The van der Waals surface area contributed by atoms with Crippen LogP contribution >= 0.6 is 0 Å².